The van der Waals surface area contributed by atoms with Gasteiger partial charge in [-0.2, -0.15) is 0 Å². The van der Waals surface area contributed by atoms with Crippen molar-refractivity contribution in [2.75, 3.05) is 39.4 Å². The second-order valence-corrected chi connectivity index (χ2v) is 7.17. The first-order valence-corrected chi connectivity index (χ1v) is 9.74. The molecule has 152 valence electrons. The summed E-state index contributed by atoms with van der Waals surface area (Å²) in [6, 6.07) is 5.13. The molecule has 2 heterocycles. The van der Waals surface area contributed by atoms with Gasteiger partial charge in [-0.15, -0.1) is 0 Å². The smallest absolute Gasteiger partial charge is 0.336 e. The Hall–Kier alpha value is -2.38. The highest BCUT2D eigenvalue weighted by Gasteiger charge is 2.18. The molecule has 1 aromatic carbocycles. The molecule has 28 heavy (non-hydrogen) atoms. The minimum Gasteiger partial charge on any atom is -0.480 e. The van der Waals surface area contributed by atoms with Gasteiger partial charge in [0.1, 0.15) is 11.3 Å². The van der Waals surface area contributed by atoms with E-state index < -0.39 is 11.7 Å². The predicted octanol–water partition coefficient (Wildman–Crippen LogP) is 2.02. The van der Waals surface area contributed by atoms with E-state index in [0.717, 1.165) is 50.2 Å². The van der Waals surface area contributed by atoms with E-state index in [4.69, 9.17) is 13.9 Å². The summed E-state index contributed by atoms with van der Waals surface area (Å²) in [5.41, 5.74) is 1.68. The second kappa shape index (κ2) is 9.21. The summed E-state index contributed by atoms with van der Waals surface area (Å²) in [6.07, 6.45) is 0.244. The summed E-state index contributed by atoms with van der Waals surface area (Å²) in [6.45, 7) is 10.4. The molecule has 1 amide bonds. The number of morpholine rings is 1. The number of nitrogens with one attached hydrogen (secondary N) is 1. The lowest BCUT2D eigenvalue weighted by molar-refractivity contribution is -0.127. The summed E-state index contributed by atoms with van der Waals surface area (Å²) in [5.74, 6) is 0.379. The van der Waals surface area contributed by atoms with E-state index >= 15 is 0 Å². The monoisotopic (exact) mass is 388 g/mol. The van der Waals surface area contributed by atoms with E-state index in [1.807, 2.05) is 26.0 Å². The molecule has 1 atom stereocenters. The fourth-order valence-corrected chi connectivity index (χ4v) is 3.35. The van der Waals surface area contributed by atoms with Crippen molar-refractivity contribution in [3.63, 3.8) is 0 Å². The Morgan fingerprint density at radius 2 is 2.04 bits per heavy atom. The normalized spacial score (nSPS) is 16.1. The van der Waals surface area contributed by atoms with Crippen molar-refractivity contribution in [3.05, 3.63) is 39.7 Å². The van der Waals surface area contributed by atoms with Gasteiger partial charge >= 0.3 is 5.63 Å². The van der Waals surface area contributed by atoms with Crippen LogP contribution in [0.25, 0.3) is 11.0 Å². The fourth-order valence-electron chi connectivity index (χ4n) is 3.35. The van der Waals surface area contributed by atoms with Crippen LogP contribution >= 0.6 is 0 Å². The van der Waals surface area contributed by atoms with Gasteiger partial charge in [0.2, 0.25) is 0 Å². The third-order valence-corrected chi connectivity index (χ3v) is 5.05. The number of benzene rings is 1. The fraction of sp³-hybridized carbons (Fsp3) is 0.524. The second-order valence-electron chi connectivity index (χ2n) is 7.17. The SMILES string of the molecule is Cc1cc(=O)oc2c(C)c(O[C@H](C)C(=O)NCCCN3CCOCC3)ccc12. The van der Waals surface area contributed by atoms with Gasteiger partial charge < -0.3 is 19.2 Å². The molecule has 0 saturated carbocycles. The van der Waals surface area contributed by atoms with Gasteiger partial charge in [0.05, 0.1) is 13.2 Å². The molecule has 0 spiro atoms. The molecule has 1 aromatic heterocycles. The van der Waals surface area contributed by atoms with Crippen LogP contribution in [0.3, 0.4) is 0 Å². The molecular weight excluding hydrogens is 360 g/mol. The maximum absolute atomic E-state index is 12.3. The number of aryl methyl sites for hydroxylation is 2. The van der Waals surface area contributed by atoms with Crippen molar-refractivity contribution < 1.29 is 18.7 Å². The maximum Gasteiger partial charge on any atom is 0.336 e. The zero-order valence-corrected chi connectivity index (χ0v) is 16.7. The van der Waals surface area contributed by atoms with Gasteiger partial charge in [-0.3, -0.25) is 9.69 Å². The summed E-state index contributed by atoms with van der Waals surface area (Å²) in [4.78, 5) is 26.4. The standard InChI is InChI=1S/C21H28N2O5/c1-14-13-19(24)28-20-15(2)18(6-5-17(14)20)27-16(3)21(25)22-7-4-8-23-9-11-26-12-10-23/h5-6,13,16H,4,7-12H2,1-3H3,(H,22,25)/t16-/m1/s1. The molecule has 3 rings (SSSR count). The highest BCUT2D eigenvalue weighted by molar-refractivity contribution is 5.85. The Balaban J connectivity index is 1.54. The molecule has 2 aromatic rings. The third-order valence-electron chi connectivity index (χ3n) is 5.05. The van der Waals surface area contributed by atoms with Crippen molar-refractivity contribution in [1.29, 1.82) is 0 Å². The Morgan fingerprint density at radius 1 is 1.29 bits per heavy atom. The van der Waals surface area contributed by atoms with Crippen LogP contribution < -0.4 is 15.7 Å². The molecule has 1 N–H and O–H groups in total. The first kappa shape index (κ1) is 20.4. The number of hydrogen-bond donors (Lipinski definition) is 1. The van der Waals surface area contributed by atoms with Gasteiger partial charge in [-0.25, -0.2) is 4.79 Å². The van der Waals surface area contributed by atoms with Gasteiger partial charge in [-0.05, 0) is 51.4 Å². The molecule has 0 bridgehead atoms. The molecule has 0 aliphatic carbocycles. The average molecular weight is 388 g/mol. The number of ether oxygens (including phenoxy) is 2. The van der Waals surface area contributed by atoms with Crippen molar-refractivity contribution in [2.24, 2.45) is 0 Å². The molecule has 7 nitrogen and oxygen atoms in total. The van der Waals surface area contributed by atoms with Crippen LogP contribution in [0.1, 0.15) is 24.5 Å². The van der Waals surface area contributed by atoms with Crippen LogP contribution in [0.5, 0.6) is 5.75 Å². The van der Waals surface area contributed by atoms with Crippen LogP contribution in [-0.4, -0.2) is 56.3 Å². The van der Waals surface area contributed by atoms with Gasteiger partial charge in [-0.1, -0.05) is 0 Å². The van der Waals surface area contributed by atoms with E-state index in [1.165, 1.54) is 6.07 Å². The molecule has 1 aliphatic rings. The van der Waals surface area contributed by atoms with Crippen molar-refractivity contribution >= 4 is 16.9 Å². The zero-order valence-electron chi connectivity index (χ0n) is 16.7. The lowest BCUT2D eigenvalue weighted by Gasteiger charge is -2.26. The van der Waals surface area contributed by atoms with Gasteiger partial charge in [0.15, 0.2) is 6.10 Å². The quantitative estimate of drug-likeness (QED) is 0.577. The Labute approximate surface area is 164 Å². The minimum atomic E-state index is -0.643. The molecule has 0 radical (unpaired) electrons. The summed E-state index contributed by atoms with van der Waals surface area (Å²) < 4.78 is 16.5. The zero-order chi connectivity index (χ0) is 20.1. The van der Waals surface area contributed by atoms with Crippen LogP contribution in [0.2, 0.25) is 0 Å². The average Bonchev–Trinajstić information content (AvgIpc) is 2.68. The number of nitrogens with zero attached hydrogens (tertiary/aromatic N) is 1. The number of carbonyl (C=O) groups excluding carboxylic acids is 1. The number of amides is 1. The molecule has 1 aliphatic heterocycles. The highest BCUT2D eigenvalue weighted by atomic mass is 16.5. The van der Waals surface area contributed by atoms with E-state index in [0.29, 0.717) is 23.4 Å². The lowest BCUT2D eigenvalue weighted by atomic mass is 10.1. The van der Waals surface area contributed by atoms with E-state index in [1.54, 1.807) is 6.92 Å². The molecular formula is C21H28N2O5. The van der Waals surface area contributed by atoms with E-state index in [2.05, 4.69) is 10.2 Å². The Bertz CT molecular complexity index is 886. The summed E-state index contributed by atoms with van der Waals surface area (Å²) in [5, 5.41) is 3.79. The molecule has 1 saturated heterocycles. The number of carbonyl (C=O) groups is 1. The molecule has 7 heteroatoms. The van der Waals surface area contributed by atoms with Gasteiger partial charge in [0, 0.05) is 36.7 Å². The molecule has 0 unspecified atom stereocenters. The van der Waals surface area contributed by atoms with E-state index in [-0.39, 0.29) is 5.91 Å². The van der Waals surface area contributed by atoms with Crippen LogP contribution in [-0.2, 0) is 9.53 Å². The number of fused-ring (bicyclic) bond motifs is 1. The maximum atomic E-state index is 12.3. The van der Waals surface area contributed by atoms with E-state index in [9.17, 15) is 9.59 Å². The van der Waals surface area contributed by atoms with Crippen molar-refractivity contribution in [2.45, 2.75) is 33.3 Å². The first-order chi connectivity index (χ1) is 13.5. The summed E-state index contributed by atoms with van der Waals surface area (Å²) >= 11 is 0. The predicted molar refractivity (Wildman–Crippen MR) is 107 cm³/mol. The first-order valence-electron chi connectivity index (χ1n) is 9.74. The lowest BCUT2D eigenvalue weighted by Crippen LogP contribution is -2.40. The van der Waals surface area contributed by atoms with Crippen molar-refractivity contribution in [1.82, 2.24) is 10.2 Å². The van der Waals surface area contributed by atoms with Gasteiger partial charge in [0.25, 0.3) is 5.91 Å². The summed E-state index contributed by atoms with van der Waals surface area (Å²) in [7, 11) is 0. The largest absolute Gasteiger partial charge is 0.480 e. The number of hydrogen-bond acceptors (Lipinski definition) is 6. The van der Waals surface area contributed by atoms with Crippen LogP contribution in [0.4, 0.5) is 0 Å². The minimum absolute atomic E-state index is 0.160. The van der Waals surface area contributed by atoms with Crippen LogP contribution in [0.15, 0.2) is 27.4 Å². The topological polar surface area (TPSA) is 81.0 Å². The highest BCUT2D eigenvalue weighted by Crippen LogP contribution is 2.28. The Kier molecular flexibility index (Phi) is 6.70. The van der Waals surface area contributed by atoms with Crippen LogP contribution in [0, 0.1) is 13.8 Å². The Morgan fingerprint density at radius 3 is 2.79 bits per heavy atom. The molecule has 1 fully saturated rings. The third kappa shape index (κ3) is 4.91. The number of rotatable bonds is 7. The van der Waals surface area contributed by atoms with Crippen molar-refractivity contribution in [3.8, 4) is 5.75 Å².